The number of nitrogens with zero attached hydrogens (tertiary/aromatic N) is 1. The Morgan fingerprint density at radius 1 is 1.11 bits per heavy atom. The van der Waals surface area contributed by atoms with Crippen LogP contribution in [0.25, 0.3) is 0 Å². The number of fused-ring (bicyclic) bond motifs is 1. The van der Waals surface area contributed by atoms with E-state index in [2.05, 4.69) is 26.1 Å². The molecule has 1 atom stereocenters. The molecule has 4 nitrogen and oxygen atoms in total. The van der Waals surface area contributed by atoms with Crippen molar-refractivity contribution in [1.29, 1.82) is 0 Å². The molecule has 2 amide bonds. The molecule has 1 aliphatic rings. The van der Waals surface area contributed by atoms with Crippen LogP contribution in [0.5, 0.6) is 0 Å². The van der Waals surface area contributed by atoms with Gasteiger partial charge in [0.05, 0.1) is 0 Å². The minimum absolute atomic E-state index is 0.0577. The van der Waals surface area contributed by atoms with E-state index in [-0.39, 0.29) is 17.2 Å². The third-order valence-electron chi connectivity index (χ3n) is 5.04. The van der Waals surface area contributed by atoms with Crippen LogP contribution in [0, 0.1) is 5.41 Å². The fourth-order valence-electron chi connectivity index (χ4n) is 3.42. The maximum atomic E-state index is 13.0. The fraction of sp³-hybridized carbons (Fsp3) is 0.391. The smallest absolute Gasteiger partial charge is 0.255 e. The number of benzene rings is 2. The zero-order valence-electron chi connectivity index (χ0n) is 16.7. The van der Waals surface area contributed by atoms with Crippen LogP contribution in [0.4, 0.5) is 0 Å². The highest BCUT2D eigenvalue weighted by molar-refractivity contribution is 6.30. The minimum atomic E-state index is -0.559. The summed E-state index contributed by atoms with van der Waals surface area (Å²) in [5.41, 5.74) is 2.63. The minimum Gasteiger partial charge on any atom is -0.354 e. The molecular weight excluding hydrogens is 372 g/mol. The molecule has 0 spiro atoms. The van der Waals surface area contributed by atoms with Gasteiger partial charge in [0.15, 0.2) is 0 Å². The quantitative estimate of drug-likeness (QED) is 0.771. The maximum absolute atomic E-state index is 13.0. The number of halogens is 1. The lowest BCUT2D eigenvalue weighted by Crippen LogP contribution is -2.41. The lowest BCUT2D eigenvalue weighted by atomic mass is 9.92. The van der Waals surface area contributed by atoms with Crippen LogP contribution in [0.2, 0.25) is 5.02 Å². The first-order valence-corrected chi connectivity index (χ1v) is 10.1. The average Bonchev–Trinajstić information content (AvgIpc) is 2.93. The molecule has 1 unspecified atom stereocenters. The van der Waals surface area contributed by atoms with Gasteiger partial charge in [0.25, 0.3) is 5.91 Å². The van der Waals surface area contributed by atoms with E-state index in [1.165, 1.54) is 0 Å². The highest BCUT2D eigenvalue weighted by atomic mass is 35.5. The number of carbonyl (C=O) groups excluding carboxylic acids is 2. The summed E-state index contributed by atoms with van der Waals surface area (Å²) in [5, 5.41) is 3.71. The number of carbonyl (C=O) groups is 2. The molecule has 0 aliphatic carbocycles. The van der Waals surface area contributed by atoms with Crippen LogP contribution in [-0.2, 0) is 11.2 Å². The van der Waals surface area contributed by atoms with Gasteiger partial charge in [0.2, 0.25) is 5.91 Å². The van der Waals surface area contributed by atoms with Crippen LogP contribution >= 0.6 is 11.6 Å². The monoisotopic (exact) mass is 398 g/mol. The van der Waals surface area contributed by atoms with Crippen LogP contribution < -0.4 is 5.32 Å². The first-order valence-electron chi connectivity index (χ1n) is 9.68. The van der Waals surface area contributed by atoms with Crippen LogP contribution in [0.15, 0.2) is 48.5 Å². The van der Waals surface area contributed by atoms with E-state index in [0.717, 1.165) is 17.5 Å². The van der Waals surface area contributed by atoms with E-state index in [9.17, 15) is 9.59 Å². The molecule has 5 heteroatoms. The molecule has 3 rings (SSSR count). The summed E-state index contributed by atoms with van der Waals surface area (Å²) >= 11 is 5.91. The maximum Gasteiger partial charge on any atom is 0.255 e. The van der Waals surface area contributed by atoms with E-state index < -0.39 is 6.04 Å². The second-order valence-corrected chi connectivity index (χ2v) is 8.90. The second kappa shape index (κ2) is 8.36. The Balaban J connectivity index is 1.71. The van der Waals surface area contributed by atoms with Gasteiger partial charge in [0.1, 0.15) is 6.04 Å². The van der Waals surface area contributed by atoms with Gasteiger partial charge in [-0.05, 0) is 47.6 Å². The molecule has 0 saturated carbocycles. The highest BCUT2D eigenvalue weighted by Gasteiger charge is 2.40. The molecule has 0 radical (unpaired) electrons. The molecule has 148 valence electrons. The van der Waals surface area contributed by atoms with Gasteiger partial charge in [-0.25, -0.2) is 0 Å². The normalized spacial score (nSPS) is 16.2. The molecule has 0 aromatic heterocycles. The first-order chi connectivity index (χ1) is 13.3. The molecule has 1 N–H and O–H groups in total. The van der Waals surface area contributed by atoms with Gasteiger partial charge in [-0.1, -0.05) is 62.7 Å². The van der Waals surface area contributed by atoms with Crippen molar-refractivity contribution < 1.29 is 9.59 Å². The fourth-order valence-corrected chi connectivity index (χ4v) is 3.54. The predicted molar refractivity (Wildman–Crippen MR) is 112 cm³/mol. The van der Waals surface area contributed by atoms with Crippen molar-refractivity contribution >= 4 is 23.4 Å². The average molecular weight is 399 g/mol. The van der Waals surface area contributed by atoms with Crippen molar-refractivity contribution in [3.8, 4) is 0 Å². The van der Waals surface area contributed by atoms with Crippen molar-refractivity contribution in [3.63, 3.8) is 0 Å². The van der Waals surface area contributed by atoms with Crippen molar-refractivity contribution in [2.45, 2.75) is 39.7 Å². The van der Waals surface area contributed by atoms with Crippen LogP contribution in [0.1, 0.15) is 54.7 Å². The van der Waals surface area contributed by atoms with E-state index in [1.54, 1.807) is 4.90 Å². The summed E-state index contributed by atoms with van der Waals surface area (Å²) in [4.78, 5) is 27.6. The van der Waals surface area contributed by atoms with E-state index in [4.69, 9.17) is 11.6 Å². The zero-order chi connectivity index (χ0) is 20.3. The summed E-state index contributed by atoms with van der Waals surface area (Å²) in [6.07, 6.45) is 1.55. The molecule has 1 aliphatic heterocycles. The lowest BCUT2D eigenvalue weighted by Gasteiger charge is -2.28. The molecule has 1 heterocycles. The van der Waals surface area contributed by atoms with Gasteiger partial charge >= 0.3 is 0 Å². The standard InChI is InChI=1S/C23H27ClN2O2/c1-23(2,3)13-15-26-20(18-6-4-5-7-19(18)22(26)28)21(27)25-14-12-16-8-10-17(24)11-9-16/h4-11,20H,12-15H2,1-3H3,(H,25,27). The number of hydrogen-bond acceptors (Lipinski definition) is 2. The Morgan fingerprint density at radius 3 is 2.46 bits per heavy atom. The Bertz CT molecular complexity index is 856. The van der Waals surface area contributed by atoms with Gasteiger partial charge in [-0.2, -0.15) is 0 Å². The topological polar surface area (TPSA) is 49.4 Å². The Labute approximate surface area is 171 Å². The second-order valence-electron chi connectivity index (χ2n) is 8.47. The Hall–Kier alpha value is -2.33. The highest BCUT2D eigenvalue weighted by Crippen LogP contribution is 2.35. The molecule has 28 heavy (non-hydrogen) atoms. The zero-order valence-corrected chi connectivity index (χ0v) is 17.4. The Kier molecular flexibility index (Phi) is 6.09. The Morgan fingerprint density at radius 2 is 1.79 bits per heavy atom. The van der Waals surface area contributed by atoms with Crippen molar-refractivity contribution in [2.24, 2.45) is 5.41 Å². The van der Waals surface area contributed by atoms with Crippen molar-refractivity contribution in [2.75, 3.05) is 13.1 Å². The van der Waals surface area contributed by atoms with Crippen LogP contribution in [-0.4, -0.2) is 29.8 Å². The van der Waals surface area contributed by atoms with Gasteiger partial charge in [0, 0.05) is 23.7 Å². The van der Waals surface area contributed by atoms with E-state index in [1.807, 2.05) is 48.5 Å². The summed E-state index contributed by atoms with van der Waals surface area (Å²) in [5.74, 6) is -0.182. The van der Waals surface area contributed by atoms with E-state index in [0.29, 0.717) is 30.1 Å². The number of rotatable bonds is 6. The third kappa shape index (κ3) is 4.74. The molecule has 2 aromatic rings. The van der Waals surface area contributed by atoms with Crippen molar-refractivity contribution in [3.05, 3.63) is 70.2 Å². The van der Waals surface area contributed by atoms with Gasteiger partial charge in [-0.15, -0.1) is 0 Å². The largest absolute Gasteiger partial charge is 0.354 e. The van der Waals surface area contributed by atoms with Gasteiger partial charge in [-0.3, -0.25) is 9.59 Å². The molecule has 2 aromatic carbocycles. The summed E-state index contributed by atoms with van der Waals surface area (Å²) in [6, 6.07) is 14.5. The van der Waals surface area contributed by atoms with Gasteiger partial charge < -0.3 is 10.2 Å². The number of nitrogens with one attached hydrogen (secondary N) is 1. The lowest BCUT2D eigenvalue weighted by molar-refractivity contribution is -0.125. The summed E-state index contributed by atoms with van der Waals surface area (Å²) in [7, 11) is 0. The molecular formula is C23H27ClN2O2. The summed E-state index contributed by atoms with van der Waals surface area (Å²) < 4.78 is 0. The first kappa shape index (κ1) is 20.4. The number of amides is 2. The number of hydrogen-bond donors (Lipinski definition) is 1. The van der Waals surface area contributed by atoms with Crippen LogP contribution in [0.3, 0.4) is 0 Å². The van der Waals surface area contributed by atoms with Crippen molar-refractivity contribution in [1.82, 2.24) is 10.2 Å². The SMILES string of the molecule is CC(C)(C)CCN1C(=O)c2ccccc2C1C(=O)NCCc1ccc(Cl)cc1. The molecule has 0 fully saturated rings. The third-order valence-corrected chi connectivity index (χ3v) is 5.29. The van der Waals surface area contributed by atoms with E-state index >= 15 is 0 Å². The summed E-state index contributed by atoms with van der Waals surface area (Å²) in [6.45, 7) is 7.50. The predicted octanol–water partition coefficient (Wildman–Crippen LogP) is 4.63. The molecule has 0 bridgehead atoms. The molecule has 0 saturated heterocycles.